The van der Waals surface area contributed by atoms with Gasteiger partial charge in [-0.05, 0) is 60.0 Å². The highest BCUT2D eigenvalue weighted by Gasteiger charge is 2.19. The van der Waals surface area contributed by atoms with Crippen LogP contribution in [0.25, 0.3) is 10.8 Å². The van der Waals surface area contributed by atoms with Crippen molar-refractivity contribution in [2.45, 2.75) is 0 Å². The van der Waals surface area contributed by atoms with Crippen molar-refractivity contribution in [3.05, 3.63) is 89.1 Å². The zero-order chi connectivity index (χ0) is 22.7. The number of primary amides is 1. The molecule has 0 fully saturated rings. The van der Waals surface area contributed by atoms with E-state index in [1.807, 2.05) is 0 Å². The van der Waals surface area contributed by atoms with E-state index in [0.29, 0.717) is 32.9 Å². The summed E-state index contributed by atoms with van der Waals surface area (Å²) in [6, 6.07) is 17.7. The monoisotopic (exact) mass is 445 g/mol. The van der Waals surface area contributed by atoms with Gasteiger partial charge in [0, 0.05) is 27.9 Å². The molecule has 4 N–H and O–H groups in total. The summed E-state index contributed by atoms with van der Waals surface area (Å²) in [7, 11) is 0. The van der Waals surface area contributed by atoms with Crippen LogP contribution in [0.1, 0.15) is 20.7 Å². The maximum atomic E-state index is 12.9. The van der Waals surface area contributed by atoms with Gasteiger partial charge in [-0.15, -0.1) is 10.2 Å². The van der Waals surface area contributed by atoms with Crippen LogP contribution in [0.15, 0.2) is 83.2 Å². The topological polar surface area (TPSA) is 130 Å². The van der Waals surface area contributed by atoms with Crippen molar-refractivity contribution in [2.75, 3.05) is 5.32 Å². The van der Waals surface area contributed by atoms with Gasteiger partial charge in [0.2, 0.25) is 5.91 Å². The molecular weight excluding hydrogens is 430 g/mol. The number of aromatic hydroxyl groups is 1. The first-order valence-corrected chi connectivity index (χ1v) is 9.79. The first-order valence-electron chi connectivity index (χ1n) is 9.41. The molecule has 0 bridgehead atoms. The van der Waals surface area contributed by atoms with Crippen LogP contribution in [-0.2, 0) is 0 Å². The van der Waals surface area contributed by atoms with Gasteiger partial charge in [-0.25, -0.2) is 4.98 Å². The maximum absolute atomic E-state index is 12.9. The van der Waals surface area contributed by atoms with Crippen molar-refractivity contribution in [3.63, 3.8) is 0 Å². The largest absolute Gasteiger partial charge is 0.505 e. The lowest BCUT2D eigenvalue weighted by atomic mass is 10.0. The minimum Gasteiger partial charge on any atom is -0.505 e. The Bertz CT molecular complexity index is 1360. The molecule has 0 saturated heterocycles. The zero-order valence-corrected chi connectivity index (χ0v) is 17.2. The van der Waals surface area contributed by atoms with E-state index in [4.69, 9.17) is 17.3 Å². The normalized spacial score (nSPS) is 11.0. The second kappa shape index (κ2) is 8.83. The molecule has 3 aromatic carbocycles. The van der Waals surface area contributed by atoms with Gasteiger partial charge in [0.25, 0.3) is 5.91 Å². The molecule has 2 amide bonds. The molecule has 0 aliphatic rings. The molecule has 158 valence electrons. The van der Waals surface area contributed by atoms with E-state index in [1.54, 1.807) is 42.6 Å². The highest BCUT2D eigenvalue weighted by molar-refractivity contribution is 6.31. The standard InChI is InChI=1S/C23H16ClN5O3/c24-15-6-9-17-14(11-15)12-18(21(30)20(17)29-28-19-3-1-2-10-26-19)23(32)27-16-7-4-13(5-8-16)22(25)31/h1-12,30H,(H2,25,31)(H,27,32). The van der Waals surface area contributed by atoms with Gasteiger partial charge in [-0.1, -0.05) is 23.7 Å². The summed E-state index contributed by atoms with van der Waals surface area (Å²) in [5.74, 6) is -1.15. The number of carbonyl (C=O) groups excluding carboxylic acids is 2. The summed E-state index contributed by atoms with van der Waals surface area (Å²) < 4.78 is 0. The molecule has 0 saturated carbocycles. The molecule has 8 nitrogen and oxygen atoms in total. The molecule has 1 aromatic heterocycles. The smallest absolute Gasteiger partial charge is 0.259 e. The van der Waals surface area contributed by atoms with Gasteiger partial charge < -0.3 is 16.2 Å². The molecule has 1 heterocycles. The fourth-order valence-corrected chi connectivity index (χ4v) is 3.23. The number of hydrogen-bond donors (Lipinski definition) is 3. The second-order valence-electron chi connectivity index (χ2n) is 6.77. The minimum absolute atomic E-state index is 0.0197. The number of aromatic nitrogens is 1. The summed E-state index contributed by atoms with van der Waals surface area (Å²) in [5.41, 5.74) is 6.05. The highest BCUT2D eigenvalue weighted by atomic mass is 35.5. The molecule has 32 heavy (non-hydrogen) atoms. The fourth-order valence-electron chi connectivity index (χ4n) is 3.05. The lowest BCUT2D eigenvalue weighted by Crippen LogP contribution is -2.13. The van der Waals surface area contributed by atoms with Crippen LogP contribution in [-0.4, -0.2) is 21.9 Å². The van der Waals surface area contributed by atoms with Crippen molar-refractivity contribution in [3.8, 4) is 5.75 Å². The summed E-state index contributed by atoms with van der Waals surface area (Å²) in [4.78, 5) is 28.2. The van der Waals surface area contributed by atoms with E-state index in [0.717, 1.165) is 0 Å². The predicted molar refractivity (Wildman–Crippen MR) is 122 cm³/mol. The van der Waals surface area contributed by atoms with E-state index in [9.17, 15) is 14.7 Å². The lowest BCUT2D eigenvalue weighted by molar-refractivity contribution is 0.0998. The maximum Gasteiger partial charge on any atom is 0.259 e. The van der Waals surface area contributed by atoms with Crippen LogP contribution >= 0.6 is 11.6 Å². The molecule has 4 aromatic rings. The Morgan fingerprint density at radius 1 is 1.00 bits per heavy atom. The van der Waals surface area contributed by atoms with Gasteiger partial charge in [-0.2, -0.15) is 0 Å². The van der Waals surface area contributed by atoms with Crippen LogP contribution in [0.3, 0.4) is 0 Å². The Labute approximate surface area is 187 Å². The van der Waals surface area contributed by atoms with Crippen molar-refractivity contribution in [1.82, 2.24) is 4.98 Å². The number of benzene rings is 3. The number of pyridine rings is 1. The van der Waals surface area contributed by atoms with E-state index in [1.165, 1.54) is 30.3 Å². The third-order valence-electron chi connectivity index (χ3n) is 4.62. The number of hydrogen-bond acceptors (Lipinski definition) is 6. The average molecular weight is 446 g/mol. The van der Waals surface area contributed by atoms with Gasteiger partial charge in [0.1, 0.15) is 5.69 Å². The molecule has 0 atom stereocenters. The zero-order valence-electron chi connectivity index (χ0n) is 16.5. The Morgan fingerprint density at radius 2 is 1.78 bits per heavy atom. The molecule has 0 aliphatic carbocycles. The van der Waals surface area contributed by atoms with Crippen LogP contribution < -0.4 is 11.1 Å². The number of anilines is 1. The molecular formula is C23H16ClN5O3. The quantitative estimate of drug-likeness (QED) is 0.357. The number of phenolic OH excluding ortho intramolecular Hbond substituents is 1. The first kappa shape index (κ1) is 21.0. The van der Waals surface area contributed by atoms with Crippen molar-refractivity contribution in [1.29, 1.82) is 0 Å². The Balaban J connectivity index is 1.75. The number of nitrogens with one attached hydrogen (secondary N) is 1. The number of fused-ring (bicyclic) bond motifs is 1. The molecule has 9 heteroatoms. The van der Waals surface area contributed by atoms with Crippen molar-refractivity contribution >= 4 is 51.4 Å². The predicted octanol–water partition coefficient (Wildman–Crippen LogP) is 5.36. The minimum atomic E-state index is -0.578. The average Bonchev–Trinajstić information content (AvgIpc) is 2.79. The number of halogens is 1. The van der Waals surface area contributed by atoms with E-state index in [2.05, 4.69) is 20.5 Å². The van der Waals surface area contributed by atoms with Crippen molar-refractivity contribution in [2.24, 2.45) is 16.0 Å². The molecule has 4 rings (SSSR count). The van der Waals surface area contributed by atoms with Crippen LogP contribution in [0.4, 0.5) is 17.2 Å². The summed E-state index contributed by atoms with van der Waals surface area (Å²) in [6.07, 6.45) is 1.57. The number of amides is 2. The second-order valence-corrected chi connectivity index (χ2v) is 7.21. The highest BCUT2D eigenvalue weighted by Crippen LogP contribution is 2.40. The Kier molecular flexibility index (Phi) is 5.78. The number of nitrogens with two attached hydrogens (primary N) is 1. The first-order chi connectivity index (χ1) is 15.4. The summed E-state index contributed by atoms with van der Waals surface area (Å²) in [5, 5.41) is 23.4. The van der Waals surface area contributed by atoms with Crippen molar-refractivity contribution < 1.29 is 14.7 Å². The van der Waals surface area contributed by atoms with Crippen LogP contribution in [0, 0.1) is 0 Å². The summed E-state index contributed by atoms with van der Waals surface area (Å²) in [6.45, 7) is 0. The number of nitrogens with zero attached hydrogens (tertiary/aromatic N) is 3. The van der Waals surface area contributed by atoms with E-state index in [-0.39, 0.29) is 17.0 Å². The molecule has 0 spiro atoms. The van der Waals surface area contributed by atoms with Gasteiger partial charge in [-0.3, -0.25) is 9.59 Å². The molecule has 0 unspecified atom stereocenters. The summed E-state index contributed by atoms with van der Waals surface area (Å²) >= 11 is 6.12. The number of carbonyl (C=O) groups is 2. The molecule has 0 radical (unpaired) electrons. The third kappa shape index (κ3) is 4.40. The van der Waals surface area contributed by atoms with E-state index < -0.39 is 11.8 Å². The van der Waals surface area contributed by atoms with Crippen LogP contribution in [0.2, 0.25) is 5.02 Å². The number of phenols is 1. The lowest BCUT2D eigenvalue weighted by Gasteiger charge is -2.11. The third-order valence-corrected chi connectivity index (χ3v) is 4.86. The Hall–Kier alpha value is -4.30. The van der Waals surface area contributed by atoms with Gasteiger partial charge >= 0.3 is 0 Å². The van der Waals surface area contributed by atoms with E-state index >= 15 is 0 Å². The number of rotatable bonds is 5. The van der Waals surface area contributed by atoms with Gasteiger partial charge in [0.15, 0.2) is 11.6 Å². The Morgan fingerprint density at radius 3 is 2.47 bits per heavy atom. The fraction of sp³-hybridized carbons (Fsp3) is 0. The van der Waals surface area contributed by atoms with Crippen LogP contribution in [0.5, 0.6) is 5.75 Å². The SMILES string of the molecule is NC(=O)c1ccc(NC(=O)c2cc3cc(Cl)ccc3c(N=Nc3ccccn3)c2O)cc1. The number of azo groups is 1. The molecule has 0 aliphatic heterocycles. The van der Waals surface area contributed by atoms with Gasteiger partial charge in [0.05, 0.1) is 5.56 Å².